The maximum absolute atomic E-state index is 11.8. The zero-order chi connectivity index (χ0) is 11.8. The Hall–Kier alpha value is -1.94. The maximum atomic E-state index is 11.8. The Morgan fingerprint density at radius 2 is 1.94 bits per heavy atom. The first-order chi connectivity index (χ1) is 8.25. The van der Waals surface area contributed by atoms with E-state index in [9.17, 15) is 4.79 Å². The summed E-state index contributed by atoms with van der Waals surface area (Å²) in [7, 11) is 0. The van der Waals surface area contributed by atoms with Gasteiger partial charge in [-0.3, -0.25) is 9.20 Å². The first kappa shape index (κ1) is 10.2. The highest BCUT2D eigenvalue weighted by molar-refractivity contribution is 7.15. The van der Waals surface area contributed by atoms with Crippen molar-refractivity contribution in [3.05, 3.63) is 57.8 Å². The largest absolute Gasteiger partial charge is 0.269 e. The number of nitrogens with zero attached hydrogens (tertiary/aromatic N) is 2. The average molecular weight is 242 g/mol. The van der Waals surface area contributed by atoms with Gasteiger partial charge in [0.25, 0.3) is 5.56 Å². The van der Waals surface area contributed by atoms with Gasteiger partial charge in [-0.05, 0) is 12.5 Å². The molecule has 4 heteroatoms. The van der Waals surface area contributed by atoms with Gasteiger partial charge in [0.15, 0.2) is 4.96 Å². The number of aromatic nitrogens is 2. The van der Waals surface area contributed by atoms with E-state index in [4.69, 9.17) is 0 Å². The number of thiazole rings is 1. The summed E-state index contributed by atoms with van der Waals surface area (Å²) in [5, 5.41) is 1.97. The van der Waals surface area contributed by atoms with Crippen LogP contribution in [0, 0.1) is 6.92 Å². The molecule has 3 aromatic rings. The molecule has 0 saturated carbocycles. The molecule has 0 aliphatic rings. The Labute approximate surface area is 102 Å². The van der Waals surface area contributed by atoms with Crippen LogP contribution in [0.15, 0.2) is 46.7 Å². The fourth-order valence-corrected chi connectivity index (χ4v) is 2.65. The van der Waals surface area contributed by atoms with Gasteiger partial charge in [0.1, 0.15) is 0 Å². The molecular weight excluding hydrogens is 232 g/mol. The number of fused-ring (bicyclic) bond motifs is 1. The quantitative estimate of drug-likeness (QED) is 0.657. The topological polar surface area (TPSA) is 34.4 Å². The highest BCUT2D eigenvalue weighted by Gasteiger charge is 2.07. The molecular formula is C13H10N2OS. The van der Waals surface area contributed by atoms with Crippen molar-refractivity contribution < 1.29 is 0 Å². The monoisotopic (exact) mass is 242 g/mol. The third kappa shape index (κ3) is 1.66. The molecule has 3 nitrogen and oxygen atoms in total. The second-order valence-electron chi connectivity index (χ2n) is 3.89. The standard InChI is InChI=1S/C13H10N2OS/c1-9-2-4-10(5-3-9)11-8-17-13-14-7-6-12(16)15(11)13/h2-8H,1H3. The lowest BCUT2D eigenvalue weighted by molar-refractivity contribution is 1.08. The Morgan fingerprint density at radius 1 is 1.18 bits per heavy atom. The van der Waals surface area contributed by atoms with Crippen LogP contribution in [0.1, 0.15) is 5.56 Å². The minimum Gasteiger partial charge on any atom is -0.269 e. The predicted molar refractivity (Wildman–Crippen MR) is 69.5 cm³/mol. The lowest BCUT2D eigenvalue weighted by Crippen LogP contribution is -2.11. The fourth-order valence-electron chi connectivity index (χ4n) is 1.78. The molecule has 0 fully saturated rings. The molecule has 0 bridgehead atoms. The fraction of sp³-hybridized carbons (Fsp3) is 0.0769. The molecule has 0 atom stereocenters. The highest BCUT2D eigenvalue weighted by Crippen LogP contribution is 2.23. The van der Waals surface area contributed by atoms with Gasteiger partial charge in [-0.2, -0.15) is 0 Å². The van der Waals surface area contributed by atoms with Crippen LogP contribution in [0.2, 0.25) is 0 Å². The van der Waals surface area contributed by atoms with Crippen molar-refractivity contribution in [2.24, 2.45) is 0 Å². The molecule has 3 rings (SSSR count). The van der Waals surface area contributed by atoms with E-state index in [1.165, 1.54) is 23.0 Å². The van der Waals surface area contributed by atoms with Crippen LogP contribution in [0.5, 0.6) is 0 Å². The number of aryl methyl sites for hydroxylation is 1. The Morgan fingerprint density at radius 3 is 2.71 bits per heavy atom. The number of rotatable bonds is 1. The van der Waals surface area contributed by atoms with Gasteiger partial charge < -0.3 is 0 Å². The van der Waals surface area contributed by atoms with E-state index in [1.807, 2.05) is 36.6 Å². The molecule has 0 saturated heterocycles. The molecule has 0 radical (unpaired) electrons. The van der Waals surface area contributed by atoms with E-state index in [0.29, 0.717) is 0 Å². The van der Waals surface area contributed by atoms with Crippen molar-refractivity contribution in [1.82, 2.24) is 9.38 Å². The smallest absolute Gasteiger partial charge is 0.258 e. The number of benzene rings is 1. The van der Waals surface area contributed by atoms with Gasteiger partial charge in [0.2, 0.25) is 0 Å². The lowest BCUT2D eigenvalue weighted by atomic mass is 10.1. The molecule has 0 N–H and O–H groups in total. The molecule has 2 aromatic heterocycles. The first-order valence-corrected chi connectivity index (χ1v) is 6.16. The average Bonchev–Trinajstić information content (AvgIpc) is 2.75. The molecule has 2 heterocycles. The predicted octanol–water partition coefficient (Wildman–Crippen LogP) is 2.73. The molecule has 1 aromatic carbocycles. The molecule has 0 aliphatic heterocycles. The van der Waals surface area contributed by atoms with E-state index < -0.39 is 0 Å². The van der Waals surface area contributed by atoms with Crippen molar-refractivity contribution in [3.63, 3.8) is 0 Å². The summed E-state index contributed by atoms with van der Waals surface area (Å²) >= 11 is 1.48. The summed E-state index contributed by atoms with van der Waals surface area (Å²) in [6.45, 7) is 2.04. The zero-order valence-electron chi connectivity index (χ0n) is 9.25. The van der Waals surface area contributed by atoms with Crippen molar-refractivity contribution in [2.75, 3.05) is 0 Å². The third-order valence-electron chi connectivity index (χ3n) is 2.68. The van der Waals surface area contributed by atoms with Gasteiger partial charge >= 0.3 is 0 Å². The normalized spacial score (nSPS) is 10.9. The minimum absolute atomic E-state index is 0.0353. The van der Waals surface area contributed by atoms with Gasteiger partial charge in [0, 0.05) is 17.6 Å². The number of hydrogen-bond acceptors (Lipinski definition) is 3. The first-order valence-electron chi connectivity index (χ1n) is 5.28. The summed E-state index contributed by atoms with van der Waals surface area (Å²) in [5.41, 5.74) is 3.12. The minimum atomic E-state index is -0.0353. The summed E-state index contributed by atoms with van der Waals surface area (Å²) in [4.78, 5) is 16.7. The van der Waals surface area contributed by atoms with Crippen LogP contribution in [-0.2, 0) is 0 Å². The van der Waals surface area contributed by atoms with Crippen LogP contribution in [0.4, 0.5) is 0 Å². The number of hydrogen-bond donors (Lipinski definition) is 0. The van der Waals surface area contributed by atoms with Crippen LogP contribution in [0.25, 0.3) is 16.2 Å². The van der Waals surface area contributed by atoms with Gasteiger partial charge in [-0.15, -0.1) is 11.3 Å². The van der Waals surface area contributed by atoms with Crippen molar-refractivity contribution in [1.29, 1.82) is 0 Å². The zero-order valence-corrected chi connectivity index (χ0v) is 10.1. The van der Waals surface area contributed by atoms with Crippen LogP contribution in [0.3, 0.4) is 0 Å². The lowest BCUT2D eigenvalue weighted by Gasteiger charge is -2.01. The maximum Gasteiger partial charge on any atom is 0.258 e. The van der Waals surface area contributed by atoms with Gasteiger partial charge in [0.05, 0.1) is 5.69 Å². The molecule has 17 heavy (non-hydrogen) atoms. The summed E-state index contributed by atoms with van der Waals surface area (Å²) in [6.07, 6.45) is 1.55. The summed E-state index contributed by atoms with van der Waals surface area (Å²) in [5.74, 6) is 0. The van der Waals surface area contributed by atoms with E-state index in [2.05, 4.69) is 4.98 Å². The van der Waals surface area contributed by atoms with E-state index in [1.54, 1.807) is 10.6 Å². The summed E-state index contributed by atoms with van der Waals surface area (Å²) in [6, 6.07) is 9.62. The Balaban J connectivity index is 2.31. The van der Waals surface area contributed by atoms with Crippen LogP contribution >= 0.6 is 11.3 Å². The molecule has 0 aliphatic carbocycles. The van der Waals surface area contributed by atoms with Crippen LogP contribution in [-0.4, -0.2) is 9.38 Å². The van der Waals surface area contributed by atoms with Crippen molar-refractivity contribution in [2.45, 2.75) is 6.92 Å². The Bertz CT molecular complexity index is 725. The summed E-state index contributed by atoms with van der Waals surface area (Å²) < 4.78 is 1.65. The van der Waals surface area contributed by atoms with E-state index in [0.717, 1.165) is 16.2 Å². The van der Waals surface area contributed by atoms with Crippen LogP contribution < -0.4 is 5.56 Å². The van der Waals surface area contributed by atoms with Crippen molar-refractivity contribution in [3.8, 4) is 11.3 Å². The Kier molecular flexibility index (Phi) is 2.30. The SMILES string of the molecule is Cc1ccc(-c2csc3nccc(=O)n23)cc1. The second kappa shape index (κ2) is 3.82. The molecule has 0 unspecified atom stereocenters. The van der Waals surface area contributed by atoms with E-state index >= 15 is 0 Å². The molecule has 0 spiro atoms. The molecule has 84 valence electrons. The van der Waals surface area contributed by atoms with Gasteiger partial charge in [-0.1, -0.05) is 29.8 Å². The molecule has 0 amide bonds. The van der Waals surface area contributed by atoms with E-state index in [-0.39, 0.29) is 5.56 Å². The van der Waals surface area contributed by atoms with Gasteiger partial charge in [-0.25, -0.2) is 4.98 Å². The van der Waals surface area contributed by atoms with Crippen molar-refractivity contribution >= 4 is 16.3 Å². The highest BCUT2D eigenvalue weighted by atomic mass is 32.1. The second-order valence-corrected chi connectivity index (χ2v) is 4.72. The third-order valence-corrected chi connectivity index (χ3v) is 3.52.